The predicted octanol–water partition coefficient (Wildman–Crippen LogP) is 2.63. The Bertz CT molecular complexity index is 328. The first-order valence-corrected chi connectivity index (χ1v) is 8.91. The maximum absolute atomic E-state index is 6.16. The van der Waals surface area contributed by atoms with Crippen molar-refractivity contribution in [3.05, 3.63) is 35.9 Å². The van der Waals surface area contributed by atoms with Gasteiger partial charge in [0.2, 0.25) is 0 Å². The highest BCUT2D eigenvalue weighted by atomic mass is 28.4. The zero-order valence-electron chi connectivity index (χ0n) is 11.7. The van der Waals surface area contributed by atoms with E-state index in [9.17, 15) is 0 Å². The predicted molar refractivity (Wildman–Crippen MR) is 77.6 cm³/mol. The summed E-state index contributed by atoms with van der Waals surface area (Å²) in [5.41, 5.74) is 7.60. The summed E-state index contributed by atoms with van der Waals surface area (Å²) in [6.07, 6.45) is 4.37. The molecule has 0 heterocycles. The summed E-state index contributed by atoms with van der Waals surface area (Å²) in [6.45, 7) is 2.02. The highest BCUT2D eigenvalue weighted by Crippen LogP contribution is 2.15. The standard InChI is InChI=1S/C14H25NO2Si/c1-16-18(3,17-2)14(15)12-8-7-11-13-9-5-4-6-10-13/h4-6,9-10,14H,7-8,11-12,15H2,1-3H3. The largest absolute Gasteiger partial charge is 0.397 e. The maximum atomic E-state index is 6.16. The van der Waals surface area contributed by atoms with Crippen molar-refractivity contribution in [3.8, 4) is 0 Å². The smallest absolute Gasteiger partial charge is 0.351 e. The molecular formula is C14H25NO2Si. The molecule has 1 rings (SSSR count). The molecule has 1 atom stereocenters. The summed E-state index contributed by atoms with van der Waals surface area (Å²) in [5.74, 6) is 0. The van der Waals surface area contributed by atoms with Crippen molar-refractivity contribution in [2.45, 2.75) is 37.9 Å². The van der Waals surface area contributed by atoms with Crippen molar-refractivity contribution >= 4 is 8.56 Å². The normalized spacial score (nSPS) is 13.6. The van der Waals surface area contributed by atoms with Crippen LogP contribution in [0.4, 0.5) is 0 Å². The van der Waals surface area contributed by atoms with Crippen LogP contribution in [0, 0.1) is 0 Å². The van der Waals surface area contributed by atoms with Gasteiger partial charge in [0.25, 0.3) is 0 Å². The molecule has 0 saturated heterocycles. The van der Waals surface area contributed by atoms with Crippen molar-refractivity contribution < 1.29 is 8.85 Å². The van der Waals surface area contributed by atoms with Gasteiger partial charge in [0.1, 0.15) is 0 Å². The number of rotatable bonds is 8. The quantitative estimate of drug-likeness (QED) is 0.582. The highest BCUT2D eigenvalue weighted by molar-refractivity contribution is 6.67. The third-order valence-electron chi connectivity index (χ3n) is 3.56. The minimum absolute atomic E-state index is 0.0447. The van der Waals surface area contributed by atoms with Crippen LogP contribution in [0.5, 0.6) is 0 Å². The van der Waals surface area contributed by atoms with Gasteiger partial charge in [-0.25, -0.2) is 0 Å². The van der Waals surface area contributed by atoms with Crippen LogP contribution in [0.15, 0.2) is 30.3 Å². The number of nitrogens with two attached hydrogens (primary N) is 1. The number of unbranched alkanes of at least 4 members (excludes halogenated alkanes) is 1. The van der Waals surface area contributed by atoms with Gasteiger partial charge >= 0.3 is 8.56 Å². The molecular weight excluding hydrogens is 242 g/mol. The molecule has 1 aromatic carbocycles. The van der Waals surface area contributed by atoms with Crippen molar-refractivity contribution in [2.75, 3.05) is 14.2 Å². The van der Waals surface area contributed by atoms with Crippen LogP contribution in [0.2, 0.25) is 6.55 Å². The zero-order chi connectivity index (χ0) is 13.4. The fourth-order valence-electron chi connectivity index (χ4n) is 1.99. The van der Waals surface area contributed by atoms with Crippen LogP contribution in [0.25, 0.3) is 0 Å². The number of hydrogen-bond acceptors (Lipinski definition) is 3. The van der Waals surface area contributed by atoms with E-state index in [2.05, 4.69) is 24.3 Å². The van der Waals surface area contributed by atoms with Crippen molar-refractivity contribution in [3.63, 3.8) is 0 Å². The molecule has 0 fully saturated rings. The molecule has 0 aliphatic heterocycles. The fraction of sp³-hybridized carbons (Fsp3) is 0.571. The van der Waals surface area contributed by atoms with Crippen molar-refractivity contribution in [2.24, 2.45) is 5.73 Å². The van der Waals surface area contributed by atoms with Gasteiger partial charge in [-0.15, -0.1) is 0 Å². The first-order valence-electron chi connectivity index (χ1n) is 6.52. The van der Waals surface area contributed by atoms with Crippen molar-refractivity contribution in [1.82, 2.24) is 0 Å². The molecule has 0 aliphatic carbocycles. The summed E-state index contributed by atoms with van der Waals surface area (Å²) in [5, 5.41) is 0. The second kappa shape index (κ2) is 7.69. The third-order valence-corrected chi connectivity index (χ3v) is 6.81. The van der Waals surface area contributed by atoms with E-state index >= 15 is 0 Å². The number of aryl methyl sites for hydroxylation is 1. The average molecular weight is 267 g/mol. The molecule has 0 spiro atoms. The van der Waals surface area contributed by atoms with E-state index < -0.39 is 8.56 Å². The molecule has 2 N–H and O–H groups in total. The molecule has 0 aromatic heterocycles. The van der Waals surface area contributed by atoms with E-state index in [0.717, 1.165) is 25.7 Å². The van der Waals surface area contributed by atoms with E-state index in [0.29, 0.717) is 0 Å². The minimum Gasteiger partial charge on any atom is -0.397 e. The first-order chi connectivity index (χ1) is 8.62. The Labute approximate surface area is 112 Å². The Hall–Kier alpha value is -0.683. The minimum atomic E-state index is -2.15. The average Bonchev–Trinajstić information content (AvgIpc) is 2.43. The molecule has 0 bridgehead atoms. The molecule has 3 nitrogen and oxygen atoms in total. The second-order valence-corrected chi connectivity index (χ2v) is 8.35. The lowest BCUT2D eigenvalue weighted by molar-refractivity contribution is 0.235. The summed E-state index contributed by atoms with van der Waals surface area (Å²) < 4.78 is 10.9. The topological polar surface area (TPSA) is 44.5 Å². The van der Waals surface area contributed by atoms with Gasteiger partial charge in [-0.1, -0.05) is 36.8 Å². The molecule has 102 valence electrons. The van der Waals surface area contributed by atoms with Gasteiger partial charge < -0.3 is 14.6 Å². The Morgan fingerprint density at radius 3 is 2.28 bits per heavy atom. The lowest BCUT2D eigenvalue weighted by Crippen LogP contribution is -2.54. The van der Waals surface area contributed by atoms with Crippen LogP contribution >= 0.6 is 0 Å². The summed E-state index contributed by atoms with van der Waals surface area (Å²) in [4.78, 5) is 0. The van der Waals surface area contributed by atoms with Gasteiger partial charge in [-0.2, -0.15) is 0 Å². The van der Waals surface area contributed by atoms with Crippen molar-refractivity contribution in [1.29, 1.82) is 0 Å². The van der Waals surface area contributed by atoms with Crippen LogP contribution in [-0.4, -0.2) is 28.4 Å². The number of hydrogen-bond donors (Lipinski definition) is 1. The van der Waals surface area contributed by atoms with Gasteiger partial charge in [0, 0.05) is 19.9 Å². The van der Waals surface area contributed by atoms with E-state index in [-0.39, 0.29) is 5.67 Å². The maximum Gasteiger partial charge on any atom is 0.351 e. The SMILES string of the molecule is CO[Si](C)(OC)C(N)CCCCc1ccccc1. The highest BCUT2D eigenvalue weighted by Gasteiger charge is 2.36. The molecule has 0 radical (unpaired) electrons. The van der Waals surface area contributed by atoms with Gasteiger partial charge in [-0.05, 0) is 31.4 Å². The van der Waals surface area contributed by atoms with Crippen LogP contribution < -0.4 is 5.73 Å². The Kier molecular flexibility index (Phi) is 6.57. The fourth-order valence-corrected chi connectivity index (χ4v) is 3.49. The second-order valence-electron chi connectivity index (χ2n) is 4.76. The third kappa shape index (κ3) is 4.53. The molecule has 1 aromatic rings. The van der Waals surface area contributed by atoms with Crippen LogP contribution in [-0.2, 0) is 15.3 Å². The van der Waals surface area contributed by atoms with Gasteiger partial charge in [0.15, 0.2) is 0 Å². The first kappa shape index (κ1) is 15.4. The molecule has 4 heteroatoms. The lowest BCUT2D eigenvalue weighted by atomic mass is 10.1. The Morgan fingerprint density at radius 1 is 1.11 bits per heavy atom. The van der Waals surface area contributed by atoms with Gasteiger partial charge in [0.05, 0.1) is 0 Å². The summed E-state index contributed by atoms with van der Waals surface area (Å²) in [7, 11) is 1.24. The van der Waals surface area contributed by atoms with E-state index in [1.54, 1.807) is 14.2 Å². The lowest BCUT2D eigenvalue weighted by Gasteiger charge is -2.29. The van der Waals surface area contributed by atoms with E-state index in [1.807, 2.05) is 12.6 Å². The Morgan fingerprint density at radius 2 is 1.72 bits per heavy atom. The molecule has 18 heavy (non-hydrogen) atoms. The van der Waals surface area contributed by atoms with E-state index in [1.165, 1.54) is 5.56 Å². The molecule has 0 saturated carbocycles. The van der Waals surface area contributed by atoms with E-state index in [4.69, 9.17) is 14.6 Å². The number of benzene rings is 1. The molecule has 1 unspecified atom stereocenters. The Balaban J connectivity index is 2.26. The van der Waals surface area contributed by atoms with Crippen LogP contribution in [0.3, 0.4) is 0 Å². The molecule has 0 amide bonds. The summed E-state index contributed by atoms with van der Waals surface area (Å²) >= 11 is 0. The monoisotopic (exact) mass is 267 g/mol. The zero-order valence-corrected chi connectivity index (χ0v) is 12.7. The molecule has 0 aliphatic rings. The summed E-state index contributed by atoms with van der Waals surface area (Å²) in [6, 6.07) is 10.6. The van der Waals surface area contributed by atoms with Crippen LogP contribution in [0.1, 0.15) is 24.8 Å². The van der Waals surface area contributed by atoms with Gasteiger partial charge in [-0.3, -0.25) is 0 Å².